The molecule has 1 aromatic carbocycles. The molecule has 0 saturated heterocycles. The van der Waals surface area contributed by atoms with E-state index in [1.807, 2.05) is 13.8 Å². The number of nitrogens with one attached hydrogen (secondary N) is 1. The van der Waals surface area contributed by atoms with Crippen molar-refractivity contribution in [1.29, 1.82) is 0 Å². The van der Waals surface area contributed by atoms with Crippen molar-refractivity contribution in [2.75, 3.05) is 10.8 Å². The molecule has 2 rings (SSSR count). The average Bonchev–Trinajstić information content (AvgIpc) is 2.50. The number of carbonyl (C=O) groups excluding carboxylic acids is 1. The molecule has 0 radical (unpaired) electrons. The van der Waals surface area contributed by atoms with Crippen molar-refractivity contribution in [1.82, 2.24) is 5.32 Å². The Morgan fingerprint density at radius 2 is 2.16 bits per heavy atom. The van der Waals surface area contributed by atoms with Gasteiger partial charge < -0.3 is 5.32 Å². The zero-order valence-corrected chi connectivity index (χ0v) is 12.3. The summed E-state index contributed by atoms with van der Waals surface area (Å²) in [6.07, 6.45) is 0. The summed E-state index contributed by atoms with van der Waals surface area (Å²) < 4.78 is 25.2. The highest BCUT2D eigenvalue weighted by atomic mass is 35.5. The maximum Gasteiger partial charge on any atom is 0.240 e. The second kappa shape index (κ2) is 5.02. The number of fused-ring (bicyclic) bond motifs is 1. The van der Waals surface area contributed by atoms with Gasteiger partial charge in [0.25, 0.3) is 0 Å². The van der Waals surface area contributed by atoms with Crippen molar-refractivity contribution in [3.8, 4) is 0 Å². The number of benzene rings is 1. The Hall–Kier alpha value is -1.27. The number of rotatable bonds is 3. The number of sulfonamides is 1. The lowest BCUT2D eigenvalue weighted by molar-refractivity contribution is -0.120. The van der Waals surface area contributed by atoms with Crippen LogP contribution < -0.4 is 9.62 Å². The molecule has 0 aromatic heterocycles. The summed E-state index contributed by atoms with van der Waals surface area (Å²) in [5, 5.41) is 3.12. The fourth-order valence-corrected chi connectivity index (χ4v) is 3.74. The SMILES string of the molecule is CC(C)NC(=O)CN1c2cc(Cl)ccc2CS1(=O)=O. The van der Waals surface area contributed by atoms with Crippen LogP contribution in [0.25, 0.3) is 0 Å². The molecule has 1 aliphatic heterocycles. The van der Waals surface area contributed by atoms with E-state index >= 15 is 0 Å². The van der Waals surface area contributed by atoms with Crippen molar-refractivity contribution in [2.24, 2.45) is 0 Å². The second-order valence-corrected chi connectivity index (χ2v) is 7.09. The first-order chi connectivity index (χ1) is 8.79. The lowest BCUT2D eigenvalue weighted by Gasteiger charge is -2.19. The summed E-state index contributed by atoms with van der Waals surface area (Å²) in [6.45, 7) is 3.43. The summed E-state index contributed by atoms with van der Waals surface area (Å²) in [6, 6.07) is 4.87. The van der Waals surface area contributed by atoms with Crippen LogP contribution in [0.2, 0.25) is 5.02 Å². The smallest absolute Gasteiger partial charge is 0.240 e. The number of amides is 1. The zero-order valence-electron chi connectivity index (χ0n) is 10.7. The topological polar surface area (TPSA) is 66.5 Å². The predicted octanol–water partition coefficient (Wildman–Crippen LogP) is 1.51. The summed E-state index contributed by atoms with van der Waals surface area (Å²) in [5.41, 5.74) is 1.16. The minimum absolute atomic E-state index is 0.0309. The highest BCUT2D eigenvalue weighted by molar-refractivity contribution is 7.92. The normalized spacial score (nSPS) is 16.5. The van der Waals surface area contributed by atoms with Crippen molar-refractivity contribution >= 4 is 33.2 Å². The minimum atomic E-state index is -3.48. The van der Waals surface area contributed by atoms with Crippen LogP contribution in [0.15, 0.2) is 18.2 Å². The summed E-state index contributed by atoms with van der Waals surface area (Å²) in [4.78, 5) is 11.7. The molecule has 1 N–H and O–H groups in total. The lowest BCUT2D eigenvalue weighted by atomic mass is 10.2. The van der Waals surface area contributed by atoms with Crippen molar-refractivity contribution in [3.63, 3.8) is 0 Å². The van der Waals surface area contributed by atoms with Crippen LogP contribution >= 0.6 is 11.6 Å². The van der Waals surface area contributed by atoms with E-state index in [-0.39, 0.29) is 24.2 Å². The van der Waals surface area contributed by atoms with E-state index in [2.05, 4.69) is 5.32 Å². The molecule has 5 nitrogen and oxygen atoms in total. The van der Waals surface area contributed by atoms with E-state index < -0.39 is 10.0 Å². The van der Waals surface area contributed by atoms with Crippen LogP contribution in [-0.2, 0) is 20.6 Å². The summed E-state index contributed by atoms with van der Waals surface area (Å²) in [7, 11) is -3.48. The number of anilines is 1. The van der Waals surface area contributed by atoms with Crippen molar-refractivity contribution in [3.05, 3.63) is 28.8 Å². The van der Waals surface area contributed by atoms with Crippen LogP contribution in [0.5, 0.6) is 0 Å². The largest absolute Gasteiger partial charge is 0.352 e. The molecule has 1 aliphatic rings. The van der Waals surface area contributed by atoms with Crippen LogP contribution in [0, 0.1) is 0 Å². The Morgan fingerprint density at radius 1 is 1.47 bits per heavy atom. The average molecular weight is 303 g/mol. The van der Waals surface area contributed by atoms with Gasteiger partial charge in [-0.25, -0.2) is 8.42 Å². The maximum atomic E-state index is 12.1. The van der Waals surface area contributed by atoms with Gasteiger partial charge in [-0.3, -0.25) is 9.10 Å². The molecule has 0 fully saturated rings. The zero-order chi connectivity index (χ0) is 14.2. The quantitative estimate of drug-likeness (QED) is 0.920. The van der Waals surface area contributed by atoms with Crippen LogP contribution in [-0.4, -0.2) is 26.9 Å². The van der Waals surface area contributed by atoms with Crippen LogP contribution in [0.3, 0.4) is 0 Å². The van der Waals surface area contributed by atoms with Crippen LogP contribution in [0.4, 0.5) is 5.69 Å². The van der Waals surface area contributed by atoms with E-state index in [4.69, 9.17) is 11.6 Å². The molecular weight excluding hydrogens is 288 g/mol. The maximum absolute atomic E-state index is 12.1. The van der Waals surface area contributed by atoms with E-state index in [9.17, 15) is 13.2 Å². The highest BCUT2D eigenvalue weighted by Gasteiger charge is 2.34. The number of hydrogen-bond donors (Lipinski definition) is 1. The van der Waals surface area contributed by atoms with Gasteiger partial charge in [-0.05, 0) is 31.5 Å². The monoisotopic (exact) mass is 302 g/mol. The number of halogens is 1. The van der Waals surface area contributed by atoms with E-state index in [1.54, 1.807) is 18.2 Å². The first kappa shape index (κ1) is 14.1. The van der Waals surface area contributed by atoms with Gasteiger partial charge in [-0.15, -0.1) is 0 Å². The van der Waals surface area contributed by atoms with Crippen molar-refractivity contribution < 1.29 is 13.2 Å². The fourth-order valence-electron chi connectivity index (χ4n) is 2.00. The van der Waals surface area contributed by atoms with E-state index in [0.29, 0.717) is 16.3 Å². The number of carbonyl (C=O) groups is 1. The minimum Gasteiger partial charge on any atom is -0.352 e. The van der Waals surface area contributed by atoms with E-state index in [1.165, 1.54) is 0 Å². The molecule has 104 valence electrons. The molecule has 0 atom stereocenters. The Bertz CT molecular complexity index is 613. The molecule has 7 heteroatoms. The third-order valence-electron chi connectivity index (χ3n) is 2.73. The molecule has 0 unspecified atom stereocenters. The third kappa shape index (κ3) is 3.01. The Morgan fingerprint density at radius 3 is 2.79 bits per heavy atom. The predicted molar refractivity (Wildman–Crippen MR) is 74.7 cm³/mol. The van der Waals surface area contributed by atoms with Crippen molar-refractivity contribution in [2.45, 2.75) is 25.6 Å². The Labute approximate surface area is 117 Å². The Kier molecular flexibility index (Phi) is 3.73. The Balaban J connectivity index is 2.29. The molecule has 19 heavy (non-hydrogen) atoms. The molecule has 0 bridgehead atoms. The van der Waals surface area contributed by atoms with Gasteiger partial charge in [0.05, 0.1) is 11.4 Å². The lowest BCUT2D eigenvalue weighted by Crippen LogP contribution is -2.41. The first-order valence-corrected chi connectivity index (χ1v) is 7.86. The van der Waals surface area contributed by atoms with Gasteiger partial charge in [0.15, 0.2) is 0 Å². The molecule has 0 aliphatic carbocycles. The van der Waals surface area contributed by atoms with Gasteiger partial charge in [0, 0.05) is 11.1 Å². The standard InChI is InChI=1S/C12H15ClN2O3S/c1-8(2)14-12(16)6-15-11-5-10(13)4-3-9(11)7-19(15,17)18/h3-5,8H,6-7H2,1-2H3,(H,14,16). The van der Waals surface area contributed by atoms with Crippen LogP contribution in [0.1, 0.15) is 19.4 Å². The molecule has 1 amide bonds. The highest BCUT2D eigenvalue weighted by Crippen LogP contribution is 2.35. The van der Waals surface area contributed by atoms with E-state index in [0.717, 1.165) is 4.31 Å². The van der Waals surface area contributed by atoms with Gasteiger partial charge >= 0.3 is 0 Å². The summed E-state index contributed by atoms with van der Waals surface area (Å²) in [5.74, 6) is -0.416. The molecule has 1 aromatic rings. The van der Waals surface area contributed by atoms with Gasteiger partial charge in [-0.1, -0.05) is 17.7 Å². The second-order valence-electron chi connectivity index (χ2n) is 4.76. The number of hydrogen-bond acceptors (Lipinski definition) is 3. The first-order valence-electron chi connectivity index (χ1n) is 5.88. The van der Waals surface area contributed by atoms with Gasteiger partial charge in [0.1, 0.15) is 6.54 Å². The summed E-state index contributed by atoms with van der Waals surface area (Å²) >= 11 is 5.88. The number of nitrogens with zero attached hydrogens (tertiary/aromatic N) is 1. The third-order valence-corrected chi connectivity index (χ3v) is 4.63. The fraction of sp³-hybridized carbons (Fsp3) is 0.417. The molecule has 1 heterocycles. The molecular formula is C12H15ClN2O3S. The molecule has 0 saturated carbocycles. The van der Waals surface area contributed by atoms with Gasteiger partial charge in [0.2, 0.25) is 15.9 Å². The molecule has 0 spiro atoms. The van der Waals surface area contributed by atoms with Gasteiger partial charge in [-0.2, -0.15) is 0 Å².